The molecule has 3 N–H and O–H groups in total. The minimum Gasteiger partial charge on any atom is -0.506 e. The first kappa shape index (κ1) is 50.0. The predicted molar refractivity (Wildman–Crippen MR) is 268 cm³/mol. The van der Waals surface area contributed by atoms with Gasteiger partial charge in [-0.15, -0.1) is 0 Å². The van der Waals surface area contributed by atoms with E-state index >= 15 is 0 Å². The van der Waals surface area contributed by atoms with Gasteiger partial charge in [-0.3, -0.25) is 14.5 Å². The molecular weight excluding hydrogens is 898 g/mol. The van der Waals surface area contributed by atoms with Gasteiger partial charge < -0.3 is 38.8 Å². The van der Waals surface area contributed by atoms with Gasteiger partial charge in [0.15, 0.2) is 14.9 Å². The summed E-state index contributed by atoms with van der Waals surface area (Å²) in [6.45, 7) is 14.6. The summed E-state index contributed by atoms with van der Waals surface area (Å²) in [5.41, 5.74) is 3.52. The molecule has 2 aliphatic carbocycles. The minimum atomic E-state index is -2.28. The molecular formula is C54H72ClN3O9Si. The predicted octanol–water partition coefficient (Wildman–Crippen LogP) is 10.3. The number of nitrogens with zero attached hydrogens (tertiary/aromatic N) is 1. The fourth-order valence-electron chi connectivity index (χ4n) is 10.8. The normalized spacial score (nSPS) is 23.2. The van der Waals surface area contributed by atoms with Crippen molar-refractivity contribution in [1.29, 1.82) is 0 Å². The Balaban J connectivity index is 0.830. The first-order chi connectivity index (χ1) is 32.5. The summed E-state index contributed by atoms with van der Waals surface area (Å²) in [6, 6.07) is 18.8. The number of halogens is 1. The fourth-order valence-corrected chi connectivity index (χ4v) is 12.4. The third kappa shape index (κ3) is 11.4. The van der Waals surface area contributed by atoms with Gasteiger partial charge in [0, 0.05) is 42.7 Å². The Hall–Kier alpha value is -4.40. The van der Waals surface area contributed by atoms with Crippen molar-refractivity contribution in [3.05, 3.63) is 98.3 Å². The van der Waals surface area contributed by atoms with E-state index in [9.17, 15) is 19.5 Å². The Morgan fingerprint density at radius 1 is 0.941 bits per heavy atom. The molecule has 12 nitrogen and oxygen atoms in total. The molecule has 3 aliphatic heterocycles. The molecule has 2 bridgehead atoms. The van der Waals surface area contributed by atoms with Crippen LogP contribution < -0.4 is 20.3 Å². The highest BCUT2D eigenvalue weighted by atomic mass is 35.5. The number of ether oxygens (including phenoxy) is 4. The summed E-state index contributed by atoms with van der Waals surface area (Å²) in [6.07, 6.45) is 11.0. The van der Waals surface area contributed by atoms with E-state index in [2.05, 4.69) is 73.3 Å². The van der Waals surface area contributed by atoms with E-state index < -0.39 is 25.8 Å². The van der Waals surface area contributed by atoms with Crippen LogP contribution in [-0.4, -0.2) is 87.4 Å². The molecule has 0 amide bonds. The van der Waals surface area contributed by atoms with E-state index in [1.165, 1.54) is 11.6 Å². The number of aromatic amines is 1. The number of piperidine rings is 3. The topological polar surface area (TPSA) is 149 Å². The Bertz CT molecular complexity index is 2470. The third-order valence-electron chi connectivity index (χ3n) is 15.9. The zero-order valence-electron chi connectivity index (χ0n) is 40.9. The number of hydrogen-bond acceptors (Lipinski definition) is 11. The number of phenolic OH excluding ortho intramolecular Hbond substituents is 1. The molecule has 2 atom stereocenters. The fraction of sp³-hybridized carbons (Fsp3) is 0.574. The van der Waals surface area contributed by atoms with E-state index in [-0.39, 0.29) is 41.1 Å². The quantitative estimate of drug-likeness (QED) is 0.0686. The zero-order valence-corrected chi connectivity index (χ0v) is 42.7. The van der Waals surface area contributed by atoms with Gasteiger partial charge in [0.25, 0.3) is 0 Å². The molecule has 4 heterocycles. The number of rotatable bonds is 17. The average molecular weight is 971 g/mol. The Morgan fingerprint density at radius 2 is 1.69 bits per heavy atom. The lowest BCUT2D eigenvalue weighted by Crippen LogP contribution is -2.53. The van der Waals surface area contributed by atoms with Crippen LogP contribution in [0.1, 0.15) is 120 Å². The molecule has 68 heavy (non-hydrogen) atoms. The molecule has 9 rings (SSSR count). The lowest BCUT2D eigenvalue weighted by atomic mass is 9.68. The zero-order chi connectivity index (χ0) is 48.2. The van der Waals surface area contributed by atoms with Crippen molar-refractivity contribution >= 4 is 42.8 Å². The van der Waals surface area contributed by atoms with Crippen LogP contribution in [0, 0.1) is 11.8 Å². The van der Waals surface area contributed by atoms with E-state index in [1.807, 2.05) is 6.07 Å². The van der Waals surface area contributed by atoms with Crippen LogP contribution in [0.3, 0.4) is 0 Å². The second kappa shape index (κ2) is 21.3. The molecule has 3 saturated heterocycles. The van der Waals surface area contributed by atoms with Crippen molar-refractivity contribution in [3.8, 4) is 17.2 Å². The third-order valence-corrected chi connectivity index (χ3v) is 20.7. The smallest absolute Gasteiger partial charge is 0.344 e. The highest BCUT2D eigenvalue weighted by molar-refractivity contribution is 6.74. The average Bonchev–Trinajstić information content (AvgIpc) is 3.32. The summed E-state index contributed by atoms with van der Waals surface area (Å²) in [5, 5.41) is 15.1. The largest absolute Gasteiger partial charge is 0.506 e. The van der Waals surface area contributed by atoms with Gasteiger partial charge in [0.2, 0.25) is 5.56 Å². The standard InChI is InChI=1S/C54H72ClN3O9Si/c1-53(2,3)68(5,6)67-47(41-17-19-44(59)51-42(41)18-20-49(60)57-51)32-56-31-38-29-43(55)46(30-45(38)63-4)64-34-50(61)65-40-15-13-35(14-16-40)27-36-11-10-12-39(28-36)54(23-8-7-9-24-54)52(62)66-48-33-58-25-21-37(48)22-26-58/h10-12,17-20,28-30,35,37,40,47-48,56,59H,7-9,13-16,21-27,31-34H2,1-6H3,(H,57,60)/t35?,40?,47-,48?/m0/s1. The van der Waals surface area contributed by atoms with E-state index in [1.54, 1.807) is 31.4 Å². The van der Waals surface area contributed by atoms with Crippen molar-refractivity contribution < 1.29 is 38.1 Å². The van der Waals surface area contributed by atoms with Gasteiger partial charge in [-0.1, -0.05) is 82.0 Å². The molecule has 14 heteroatoms. The number of phenols is 1. The number of H-pyrrole nitrogens is 1. The Labute approximate surface area is 407 Å². The minimum absolute atomic E-state index is 0.00412. The summed E-state index contributed by atoms with van der Waals surface area (Å²) in [5.74, 6) is 1.36. The maximum atomic E-state index is 14.1. The van der Waals surface area contributed by atoms with E-state index in [0.29, 0.717) is 52.3 Å². The van der Waals surface area contributed by atoms with Crippen molar-refractivity contribution in [1.82, 2.24) is 15.2 Å². The highest BCUT2D eigenvalue weighted by Crippen LogP contribution is 2.44. The van der Waals surface area contributed by atoms with Crippen LogP contribution >= 0.6 is 11.6 Å². The van der Waals surface area contributed by atoms with Crippen molar-refractivity contribution in [2.45, 2.75) is 146 Å². The molecule has 0 spiro atoms. The van der Waals surface area contributed by atoms with Crippen LogP contribution in [0.25, 0.3) is 10.9 Å². The molecule has 368 valence electrons. The number of fused-ring (bicyclic) bond motifs is 4. The SMILES string of the molecule is COc1cc(OCC(=O)OC2CCC(Cc3cccc(C4(C(=O)OC5CN6CCC5CC6)CCCCC4)c3)CC2)c(Cl)cc1CNC[C@H](O[Si](C)(C)C(C)(C)C)c1ccc(O)c2[nH]c(=O)ccc12. The molecule has 3 aromatic carbocycles. The van der Waals surface area contributed by atoms with Crippen LogP contribution in [0.5, 0.6) is 17.2 Å². The lowest BCUT2D eigenvalue weighted by molar-refractivity contribution is -0.167. The molecule has 4 aromatic rings. The molecule has 0 radical (unpaired) electrons. The number of carbonyl (C=O) groups is 2. The van der Waals surface area contributed by atoms with Crippen LogP contribution in [0.4, 0.5) is 0 Å². The molecule has 2 saturated carbocycles. The Morgan fingerprint density at radius 3 is 2.38 bits per heavy atom. The van der Waals surface area contributed by atoms with Gasteiger partial charge in [-0.05, 0) is 136 Å². The molecule has 1 aromatic heterocycles. The first-order valence-corrected chi connectivity index (χ1v) is 28.3. The number of esters is 2. The number of nitrogens with one attached hydrogen (secondary N) is 2. The summed E-state index contributed by atoms with van der Waals surface area (Å²) in [4.78, 5) is 44.6. The number of carbonyl (C=O) groups excluding carboxylic acids is 2. The Kier molecular flexibility index (Phi) is 15.7. The first-order valence-electron chi connectivity index (χ1n) is 25.0. The van der Waals surface area contributed by atoms with Crippen molar-refractivity contribution in [3.63, 3.8) is 0 Å². The summed E-state index contributed by atoms with van der Waals surface area (Å²) >= 11 is 6.76. The summed E-state index contributed by atoms with van der Waals surface area (Å²) < 4.78 is 31.0. The molecule has 5 fully saturated rings. The van der Waals surface area contributed by atoms with E-state index in [0.717, 1.165) is 113 Å². The number of pyridine rings is 1. The molecule has 5 aliphatic rings. The van der Waals surface area contributed by atoms with Gasteiger partial charge >= 0.3 is 11.9 Å². The lowest BCUT2D eigenvalue weighted by Gasteiger charge is -2.45. The number of hydrogen-bond donors (Lipinski definition) is 3. The van der Waals surface area contributed by atoms with Gasteiger partial charge in [0.05, 0.1) is 29.2 Å². The van der Waals surface area contributed by atoms with Crippen molar-refractivity contribution in [2.75, 3.05) is 39.9 Å². The maximum absolute atomic E-state index is 14.1. The monoisotopic (exact) mass is 969 g/mol. The van der Waals surface area contributed by atoms with Gasteiger partial charge in [-0.25, -0.2) is 4.79 Å². The second-order valence-corrected chi connectivity index (χ2v) is 26.6. The van der Waals surface area contributed by atoms with Crippen LogP contribution in [0.15, 0.2) is 65.5 Å². The number of benzene rings is 3. The summed E-state index contributed by atoms with van der Waals surface area (Å²) in [7, 11) is -0.706. The van der Waals surface area contributed by atoms with Crippen LogP contribution in [0.2, 0.25) is 23.2 Å². The number of aromatic hydroxyl groups is 1. The maximum Gasteiger partial charge on any atom is 0.344 e. The number of methoxy groups -OCH3 is 1. The van der Waals surface area contributed by atoms with Gasteiger partial charge in [-0.2, -0.15) is 0 Å². The second-order valence-electron chi connectivity index (χ2n) is 21.4. The van der Waals surface area contributed by atoms with Crippen molar-refractivity contribution in [2.24, 2.45) is 11.8 Å². The van der Waals surface area contributed by atoms with Gasteiger partial charge in [0.1, 0.15) is 29.5 Å². The number of aromatic nitrogens is 1. The van der Waals surface area contributed by atoms with E-state index in [4.69, 9.17) is 35.0 Å². The van der Waals surface area contributed by atoms with Crippen LogP contribution in [-0.2, 0) is 41.9 Å². The highest BCUT2D eigenvalue weighted by Gasteiger charge is 2.46. The molecule has 1 unspecified atom stereocenters.